The molecule has 0 saturated heterocycles. The summed E-state index contributed by atoms with van der Waals surface area (Å²) >= 11 is 19.4. The topological polar surface area (TPSA) is 71.3 Å². The molecule has 0 fully saturated rings. The van der Waals surface area contributed by atoms with Crippen LogP contribution in [0.5, 0.6) is 11.5 Å². The Balaban J connectivity index is 1.84. The fourth-order valence-electron chi connectivity index (χ4n) is 3.14. The van der Waals surface area contributed by atoms with Gasteiger partial charge in [0, 0.05) is 24.6 Å². The van der Waals surface area contributed by atoms with Gasteiger partial charge in [-0.05, 0) is 99.3 Å². The number of halogens is 4. The molecule has 0 aromatic heterocycles. The van der Waals surface area contributed by atoms with Crippen LogP contribution in [0.3, 0.4) is 0 Å². The number of nitrogens with one attached hydrogen (secondary N) is 1. The SMILES string of the molecule is CCOc1cc(/C=C(\C#N)C(=O)Nc2c(Br)cc(C)cc2Br)ccc1OCc1c(Cl)cccc1Cl. The van der Waals surface area contributed by atoms with E-state index in [-0.39, 0.29) is 12.2 Å². The summed E-state index contributed by atoms with van der Waals surface area (Å²) in [6, 6.07) is 16.1. The molecule has 3 aromatic carbocycles. The van der Waals surface area contributed by atoms with Crippen molar-refractivity contribution in [3.63, 3.8) is 0 Å². The van der Waals surface area contributed by atoms with Crippen molar-refractivity contribution < 1.29 is 14.3 Å². The maximum absolute atomic E-state index is 12.8. The molecule has 0 spiro atoms. The quantitative estimate of drug-likeness (QED) is 0.199. The van der Waals surface area contributed by atoms with Crippen LogP contribution in [0.4, 0.5) is 5.69 Å². The second-order valence-corrected chi connectivity index (χ2v) is 9.88. The first kappa shape index (κ1) is 27.1. The smallest absolute Gasteiger partial charge is 0.266 e. The molecule has 0 bridgehead atoms. The number of aryl methyl sites for hydroxylation is 1. The molecule has 0 aliphatic heterocycles. The van der Waals surface area contributed by atoms with Gasteiger partial charge in [-0.1, -0.05) is 35.3 Å². The summed E-state index contributed by atoms with van der Waals surface area (Å²) in [6.07, 6.45) is 1.49. The van der Waals surface area contributed by atoms with Gasteiger partial charge in [0.15, 0.2) is 11.5 Å². The van der Waals surface area contributed by atoms with Gasteiger partial charge in [-0.2, -0.15) is 5.26 Å². The van der Waals surface area contributed by atoms with E-state index in [0.717, 1.165) is 5.56 Å². The minimum absolute atomic E-state index is 0.0664. The third-order valence-electron chi connectivity index (χ3n) is 4.80. The molecule has 0 unspecified atom stereocenters. The van der Waals surface area contributed by atoms with E-state index in [4.69, 9.17) is 32.7 Å². The second-order valence-electron chi connectivity index (χ2n) is 7.36. The van der Waals surface area contributed by atoms with Crippen molar-refractivity contribution in [1.29, 1.82) is 5.26 Å². The third-order valence-corrected chi connectivity index (χ3v) is 6.76. The van der Waals surface area contributed by atoms with Gasteiger partial charge in [-0.3, -0.25) is 4.79 Å². The molecule has 5 nitrogen and oxygen atoms in total. The largest absolute Gasteiger partial charge is 0.490 e. The molecule has 3 rings (SSSR count). The first-order valence-corrected chi connectivity index (χ1v) is 12.8. The van der Waals surface area contributed by atoms with Crippen molar-refractivity contribution in [2.24, 2.45) is 0 Å². The van der Waals surface area contributed by atoms with E-state index < -0.39 is 5.91 Å². The minimum Gasteiger partial charge on any atom is -0.490 e. The van der Waals surface area contributed by atoms with Gasteiger partial charge in [-0.25, -0.2) is 0 Å². The van der Waals surface area contributed by atoms with E-state index in [1.54, 1.807) is 36.4 Å². The predicted octanol–water partition coefficient (Wildman–Crippen LogP) is 8.35. The highest BCUT2D eigenvalue weighted by Gasteiger charge is 2.15. The molecule has 0 radical (unpaired) electrons. The van der Waals surface area contributed by atoms with E-state index in [0.29, 0.717) is 53.9 Å². The first-order chi connectivity index (χ1) is 16.7. The van der Waals surface area contributed by atoms with Crippen LogP contribution in [0.1, 0.15) is 23.6 Å². The predicted molar refractivity (Wildman–Crippen MR) is 147 cm³/mol. The molecule has 180 valence electrons. The van der Waals surface area contributed by atoms with Crippen LogP contribution in [0.15, 0.2) is 63.0 Å². The molecule has 0 saturated carbocycles. The number of carbonyl (C=O) groups excluding carboxylic acids is 1. The van der Waals surface area contributed by atoms with Gasteiger partial charge in [0.2, 0.25) is 0 Å². The number of hydrogen-bond donors (Lipinski definition) is 1. The zero-order valence-electron chi connectivity index (χ0n) is 18.8. The summed E-state index contributed by atoms with van der Waals surface area (Å²) in [5, 5.41) is 13.4. The standard InChI is InChI=1S/C26H20Br2Cl2N2O3/c1-3-34-24-12-16(7-8-23(24)35-14-18-21(29)5-4-6-22(18)30)11-17(13-31)26(33)32-25-19(27)9-15(2)10-20(25)28/h4-12H,3,14H2,1-2H3,(H,32,33)/b17-11+. The fourth-order valence-corrected chi connectivity index (χ4v) is 5.26. The maximum Gasteiger partial charge on any atom is 0.266 e. The van der Waals surface area contributed by atoms with Crippen LogP contribution in [-0.2, 0) is 11.4 Å². The molecular formula is C26H20Br2Cl2N2O3. The number of hydrogen-bond acceptors (Lipinski definition) is 4. The lowest BCUT2D eigenvalue weighted by atomic mass is 10.1. The average Bonchev–Trinajstić information content (AvgIpc) is 2.80. The Kier molecular flexibility index (Phi) is 9.64. The van der Waals surface area contributed by atoms with Crippen molar-refractivity contribution in [2.45, 2.75) is 20.5 Å². The van der Waals surface area contributed by atoms with Gasteiger partial charge >= 0.3 is 0 Å². The Morgan fingerprint density at radius 1 is 1.06 bits per heavy atom. The van der Waals surface area contributed by atoms with Gasteiger partial charge in [-0.15, -0.1) is 0 Å². The van der Waals surface area contributed by atoms with Crippen molar-refractivity contribution in [1.82, 2.24) is 0 Å². The molecule has 3 aromatic rings. The number of nitrogens with zero attached hydrogens (tertiary/aromatic N) is 1. The van der Waals surface area contributed by atoms with Crippen LogP contribution in [0, 0.1) is 18.3 Å². The van der Waals surface area contributed by atoms with Crippen molar-refractivity contribution >= 4 is 72.7 Å². The van der Waals surface area contributed by atoms with Gasteiger partial charge in [0.05, 0.1) is 12.3 Å². The summed E-state index contributed by atoms with van der Waals surface area (Å²) < 4.78 is 13.0. The summed E-state index contributed by atoms with van der Waals surface area (Å²) in [4.78, 5) is 12.8. The number of ether oxygens (including phenoxy) is 2. The average molecular weight is 639 g/mol. The van der Waals surface area contributed by atoms with Crippen molar-refractivity contribution in [3.8, 4) is 17.6 Å². The third kappa shape index (κ3) is 7.02. The van der Waals surface area contributed by atoms with Crippen LogP contribution in [-0.4, -0.2) is 12.5 Å². The van der Waals surface area contributed by atoms with Crippen LogP contribution < -0.4 is 14.8 Å². The number of anilines is 1. The van der Waals surface area contributed by atoms with E-state index in [1.165, 1.54) is 6.08 Å². The van der Waals surface area contributed by atoms with Gasteiger partial charge in [0.1, 0.15) is 18.2 Å². The van der Waals surface area contributed by atoms with Crippen LogP contribution in [0.25, 0.3) is 6.08 Å². The number of carbonyl (C=O) groups is 1. The van der Waals surface area contributed by atoms with Crippen LogP contribution >= 0.6 is 55.1 Å². The number of nitriles is 1. The van der Waals surface area contributed by atoms with Crippen molar-refractivity contribution in [2.75, 3.05) is 11.9 Å². The first-order valence-electron chi connectivity index (χ1n) is 10.4. The Labute approximate surface area is 230 Å². The van der Waals surface area contributed by atoms with E-state index in [9.17, 15) is 10.1 Å². The monoisotopic (exact) mass is 636 g/mol. The second kappa shape index (κ2) is 12.5. The molecule has 9 heteroatoms. The van der Waals surface area contributed by atoms with Crippen LogP contribution in [0.2, 0.25) is 10.0 Å². The Morgan fingerprint density at radius 2 is 1.71 bits per heavy atom. The highest BCUT2D eigenvalue weighted by Crippen LogP contribution is 2.34. The molecule has 0 aliphatic carbocycles. The van der Waals surface area contributed by atoms with E-state index in [1.807, 2.05) is 32.0 Å². The van der Waals surface area contributed by atoms with Gasteiger partial charge in [0.25, 0.3) is 5.91 Å². The number of benzene rings is 3. The summed E-state index contributed by atoms with van der Waals surface area (Å²) in [6.45, 7) is 4.34. The van der Waals surface area contributed by atoms with Gasteiger partial charge < -0.3 is 14.8 Å². The lowest BCUT2D eigenvalue weighted by molar-refractivity contribution is -0.112. The van der Waals surface area contributed by atoms with E-state index >= 15 is 0 Å². The normalized spacial score (nSPS) is 11.1. The maximum atomic E-state index is 12.8. The molecule has 0 aliphatic rings. The highest BCUT2D eigenvalue weighted by molar-refractivity contribution is 9.11. The lowest BCUT2D eigenvalue weighted by Gasteiger charge is -2.14. The summed E-state index contributed by atoms with van der Waals surface area (Å²) in [5.74, 6) is 0.408. The molecular weight excluding hydrogens is 619 g/mol. The van der Waals surface area contributed by atoms with E-state index in [2.05, 4.69) is 37.2 Å². The molecule has 1 amide bonds. The minimum atomic E-state index is -0.538. The molecule has 0 heterocycles. The Bertz CT molecular complexity index is 1290. The zero-order valence-corrected chi connectivity index (χ0v) is 23.5. The molecule has 35 heavy (non-hydrogen) atoms. The zero-order chi connectivity index (χ0) is 25.5. The number of amides is 1. The highest BCUT2D eigenvalue weighted by atomic mass is 79.9. The fraction of sp³-hybridized carbons (Fsp3) is 0.154. The molecule has 0 atom stereocenters. The number of rotatable bonds is 8. The van der Waals surface area contributed by atoms with Crippen molar-refractivity contribution in [3.05, 3.63) is 89.8 Å². The summed E-state index contributed by atoms with van der Waals surface area (Å²) in [5.41, 5.74) is 2.76. The Hall–Kier alpha value is -2.50. The molecule has 1 N–H and O–H groups in total. The Morgan fingerprint density at radius 3 is 2.31 bits per heavy atom. The lowest BCUT2D eigenvalue weighted by Crippen LogP contribution is -2.14. The summed E-state index contributed by atoms with van der Waals surface area (Å²) in [7, 11) is 0.